The van der Waals surface area contributed by atoms with Crippen molar-refractivity contribution in [2.24, 2.45) is 0 Å². The number of fused-ring (bicyclic) bond motifs is 1. The molecule has 1 N–H and O–H groups in total. The van der Waals surface area contributed by atoms with E-state index >= 15 is 0 Å². The molecule has 0 spiro atoms. The molecule has 1 aromatic carbocycles. The summed E-state index contributed by atoms with van der Waals surface area (Å²) in [6.45, 7) is 0.587. The van der Waals surface area contributed by atoms with Gasteiger partial charge in [0.05, 0.1) is 6.54 Å². The third-order valence-corrected chi connectivity index (χ3v) is 2.60. The van der Waals surface area contributed by atoms with Gasteiger partial charge in [-0.05, 0) is 23.8 Å². The van der Waals surface area contributed by atoms with Crippen molar-refractivity contribution in [3.63, 3.8) is 0 Å². The predicted octanol–water partition coefficient (Wildman–Crippen LogP) is 1.77. The quantitative estimate of drug-likeness (QED) is 0.758. The van der Waals surface area contributed by atoms with E-state index in [1.807, 2.05) is 12.1 Å². The van der Waals surface area contributed by atoms with Crippen LogP contribution < -0.4 is 0 Å². The highest BCUT2D eigenvalue weighted by molar-refractivity contribution is 5.91. The van der Waals surface area contributed by atoms with Crippen LogP contribution in [0.4, 0.5) is 0 Å². The standard InChI is InChI=1S/C12H9N3O3/c16-12(17)11-4-9-3-8(1-2-10(9)18-11)5-15-7-13-6-14-15/h1-4,6-7H,5H2,(H,16,17). The van der Waals surface area contributed by atoms with E-state index in [0.29, 0.717) is 12.1 Å². The molecule has 0 bridgehead atoms. The minimum absolute atomic E-state index is 0.0529. The molecule has 0 aliphatic heterocycles. The van der Waals surface area contributed by atoms with Crippen LogP contribution in [0.5, 0.6) is 0 Å². The van der Waals surface area contributed by atoms with Gasteiger partial charge >= 0.3 is 5.97 Å². The summed E-state index contributed by atoms with van der Waals surface area (Å²) in [5.41, 5.74) is 1.57. The van der Waals surface area contributed by atoms with E-state index < -0.39 is 5.97 Å². The van der Waals surface area contributed by atoms with Crippen LogP contribution in [-0.2, 0) is 6.54 Å². The maximum atomic E-state index is 10.8. The number of carboxylic acid groups (broad SMARTS) is 1. The van der Waals surface area contributed by atoms with Crippen LogP contribution in [0.2, 0.25) is 0 Å². The Bertz CT molecular complexity index is 701. The summed E-state index contributed by atoms with van der Waals surface area (Å²) in [5.74, 6) is -1.12. The van der Waals surface area contributed by atoms with Crippen molar-refractivity contribution in [3.8, 4) is 0 Å². The van der Waals surface area contributed by atoms with E-state index in [2.05, 4.69) is 10.1 Å². The highest BCUT2D eigenvalue weighted by Crippen LogP contribution is 2.21. The highest BCUT2D eigenvalue weighted by Gasteiger charge is 2.10. The normalized spacial score (nSPS) is 10.9. The lowest BCUT2D eigenvalue weighted by atomic mass is 10.1. The zero-order valence-electron chi connectivity index (χ0n) is 9.28. The molecule has 18 heavy (non-hydrogen) atoms. The Labute approximate surface area is 101 Å². The van der Waals surface area contributed by atoms with Gasteiger partial charge in [0, 0.05) is 5.39 Å². The van der Waals surface area contributed by atoms with E-state index in [9.17, 15) is 4.79 Å². The topological polar surface area (TPSA) is 81.1 Å². The Morgan fingerprint density at radius 2 is 2.28 bits per heavy atom. The average molecular weight is 243 g/mol. The van der Waals surface area contributed by atoms with Crippen LogP contribution >= 0.6 is 0 Å². The fourth-order valence-corrected chi connectivity index (χ4v) is 1.80. The van der Waals surface area contributed by atoms with Crippen LogP contribution in [0.1, 0.15) is 16.1 Å². The monoisotopic (exact) mass is 243 g/mol. The number of furan rings is 1. The molecule has 3 aromatic rings. The summed E-state index contributed by atoms with van der Waals surface area (Å²) < 4.78 is 6.88. The molecular weight excluding hydrogens is 234 g/mol. The molecule has 0 unspecified atom stereocenters. The molecule has 0 saturated carbocycles. The van der Waals surface area contributed by atoms with Crippen LogP contribution in [0.25, 0.3) is 11.0 Å². The van der Waals surface area contributed by atoms with Crippen molar-refractivity contribution in [1.82, 2.24) is 14.8 Å². The van der Waals surface area contributed by atoms with E-state index in [1.54, 1.807) is 17.1 Å². The maximum Gasteiger partial charge on any atom is 0.371 e. The van der Waals surface area contributed by atoms with Gasteiger partial charge in [-0.15, -0.1) is 0 Å². The van der Waals surface area contributed by atoms with Crippen molar-refractivity contribution in [2.45, 2.75) is 6.54 Å². The number of aromatic carboxylic acids is 1. The van der Waals surface area contributed by atoms with E-state index in [1.165, 1.54) is 12.4 Å². The zero-order valence-corrected chi connectivity index (χ0v) is 9.28. The van der Waals surface area contributed by atoms with E-state index in [4.69, 9.17) is 9.52 Å². The molecule has 2 aromatic heterocycles. The fourth-order valence-electron chi connectivity index (χ4n) is 1.80. The minimum Gasteiger partial charge on any atom is -0.475 e. The number of nitrogens with zero attached hydrogens (tertiary/aromatic N) is 3. The lowest BCUT2D eigenvalue weighted by Crippen LogP contribution is -1.99. The number of rotatable bonds is 3. The Morgan fingerprint density at radius 1 is 1.39 bits per heavy atom. The SMILES string of the molecule is O=C(O)c1cc2cc(Cn3cncn3)ccc2o1. The third kappa shape index (κ3) is 1.84. The smallest absolute Gasteiger partial charge is 0.371 e. The average Bonchev–Trinajstić information content (AvgIpc) is 2.96. The molecule has 6 nitrogen and oxygen atoms in total. The van der Waals surface area contributed by atoms with E-state index in [-0.39, 0.29) is 5.76 Å². The van der Waals surface area contributed by atoms with Gasteiger partial charge in [0.1, 0.15) is 18.2 Å². The van der Waals surface area contributed by atoms with Gasteiger partial charge in [0.25, 0.3) is 0 Å². The van der Waals surface area contributed by atoms with Crippen LogP contribution in [0.3, 0.4) is 0 Å². The van der Waals surface area contributed by atoms with Crippen molar-refractivity contribution in [2.75, 3.05) is 0 Å². The second kappa shape index (κ2) is 3.99. The van der Waals surface area contributed by atoms with Gasteiger partial charge in [-0.25, -0.2) is 14.5 Å². The van der Waals surface area contributed by atoms with Crippen LogP contribution in [0.15, 0.2) is 41.3 Å². The maximum absolute atomic E-state index is 10.8. The summed E-state index contributed by atoms with van der Waals surface area (Å²) in [5, 5.41) is 13.6. The Hall–Kier alpha value is -2.63. The predicted molar refractivity (Wildman–Crippen MR) is 62.3 cm³/mol. The second-order valence-corrected chi connectivity index (χ2v) is 3.88. The first-order valence-electron chi connectivity index (χ1n) is 5.30. The molecule has 3 rings (SSSR count). The molecule has 90 valence electrons. The van der Waals surface area contributed by atoms with Gasteiger partial charge < -0.3 is 9.52 Å². The number of carbonyl (C=O) groups is 1. The van der Waals surface area contributed by atoms with Gasteiger partial charge in [-0.3, -0.25) is 0 Å². The number of benzene rings is 1. The molecule has 0 atom stereocenters. The van der Waals surface area contributed by atoms with Crippen molar-refractivity contribution in [1.29, 1.82) is 0 Å². The van der Waals surface area contributed by atoms with Crippen molar-refractivity contribution < 1.29 is 14.3 Å². The summed E-state index contributed by atoms with van der Waals surface area (Å²) in [7, 11) is 0. The fraction of sp³-hybridized carbons (Fsp3) is 0.0833. The van der Waals surface area contributed by atoms with Gasteiger partial charge in [-0.1, -0.05) is 6.07 Å². The van der Waals surface area contributed by atoms with Gasteiger partial charge in [0.15, 0.2) is 0 Å². The van der Waals surface area contributed by atoms with Crippen molar-refractivity contribution >= 4 is 16.9 Å². The lowest BCUT2D eigenvalue weighted by molar-refractivity contribution is 0.0665. The number of hydrogen-bond acceptors (Lipinski definition) is 4. The summed E-state index contributed by atoms with van der Waals surface area (Å²) in [6, 6.07) is 7.03. The lowest BCUT2D eigenvalue weighted by Gasteiger charge is -2.00. The Morgan fingerprint density at radius 3 is 3.00 bits per heavy atom. The molecule has 0 saturated heterocycles. The summed E-state index contributed by atoms with van der Waals surface area (Å²) in [4.78, 5) is 14.7. The number of aromatic nitrogens is 3. The molecule has 6 heteroatoms. The second-order valence-electron chi connectivity index (χ2n) is 3.88. The van der Waals surface area contributed by atoms with E-state index in [0.717, 1.165) is 10.9 Å². The van der Waals surface area contributed by atoms with Crippen molar-refractivity contribution in [3.05, 3.63) is 48.2 Å². The first-order valence-corrected chi connectivity index (χ1v) is 5.30. The zero-order chi connectivity index (χ0) is 12.5. The first-order chi connectivity index (χ1) is 8.72. The molecule has 0 amide bonds. The summed E-state index contributed by atoms with van der Waals surface area (Å²) in [6.07, 6.45) is 3.10. The largest absolute Gasteiger partial charge is 0.475 e. The Balaban J connectivity index is 1.97. The molecule has 2 heterocycles. The first kappa shape index (κ1) is 10.5. The molecular formula is C12H9N3O3. The molecule has 0 aliphatic carbocycles. The van der Waals surface area contributed by atoms with Gasteiger partial charge in [0.2, 0.25) is 5.76 Å². The minimum atomic E-state index is -1.07. The van der Waals surface area contributed by atoms with Crippen LogP contribution in [0, 0.1) is 0 Å². The highest BCUT2D eigenvalue weighted by atomic mass is 16.4. The van der Waals surface area contributed by atoms with Crippen LogP contribution in [-0.4, -0.2) is 25.8 Å². The van der Waals surface area contributed by atoms with Gasteiger partial charge in [-0.2, -0.15) is 5.10 Å². The molecule has 0 aliphatic rings. The molecule has 0 radical (unpaired) electrons. The molecule has 0 fully saturated rings. The summed E-state index contributed by atoms with van der Waals surface area (Å²) >= 11 is 0. The third-order valence-electron chi connectivity index (χ3n) is 2.60. The number of hydrogen-bond donors (Lipinski definition) is 1. The Kier molecular flexibility index (Phi) is 2.33. The number of carboxylic acids is 1.